The summed E-state index contributed by atoms with van der Waals surface area (Å²) in [6, 6.07) is 7.91. The van der Waals surface area contributed by atoms with Crippen LogP contribution in [0.2, 0.25) is 0 Å². The van der Waals surface area contributed by atoms with Crippen LogP contribution >= 0.6 is 0 Å². The Morgan fingerprint density at radius 2 is 1.94 bits per heavy atom. The Hall–Kier alpha value is -1.90. The van der Waals surface area contributed by atoms with Crippen LogP contribution in [-0.4, -0.2) is 16.4 Å². The van der Waals surface area contributed by atoms with Gasteiger partial charge in [-0.2, -0.15) is 0 Å². The Kier molecular flexibility index (Phi) is 3.07. The van der Waals surface area contributed by atoms with Crippen molar-refractivity contribution in [3.05, 3.63) is 41.7 Å². The highest BCUT2D eigenvalue weighted by Crippen LogP contribution is 2.21. The molecule has 18 heavy (non-hydrogen) atoms. The lowest BCUT2D eigenvalue weighted by molar-refractivity contribution is 0.0916. The van der Waals surface area contributed by atoms with Gasteiger partial charge in [-0.05, 0) is 44.7 Å². The molecular weight excluding hydrogens is 224 g/mol. The van der Waals surface area contributed by atoms with E-state index in [9.17, 15) is 4.79 Å². The van der Waals surface area contributed by atoms with Crippen LogP contribution in [-0.2, 0) is 0 Å². The van der Waals surface area contributed by atoms with E-state index in [1.54, 1.807) is 6.20 Å². The Morgan fingerprint density at radius 3 is 2.61 bits per heavy atom. The highest BCUT2D eigenvalue weighted by Gasteiger charge is 2.18. The van der Waals surface area contributed by atoms with Crippen molar-refractivity contribution in [1.82, 2.24) is 10.3 Å². The van der Waals surface area contributed by atoms with E-state index in [4.69, 9.17) is 0 Å². The number of rotatable bonds is 1. The van der Waals surface area contributed by atoms with Crippen LogP contribution in [0.4, 0.5) is 0 Å². The van der Waals surface area contributed by atoms with Crippen molar-refractivity contribution >= 4 is 16.7 Å². The molecule has 0 saturated heterocycles. The number of pyridine rings is 1. The Bertz CT molecular complexity index is 592. The fourth-order valence-corrected chi connectivity index (χ4v) is 1.98. The van der Waals surface area contributed by atoms with E-state index in [0.717, 1.165) is 16.3 Å². The maximum absolute atomic E-state index is 12.3. The number of aryl methyl sites for hydroxylation is 1. The van der Waals surface area contributed by atoms with Gasteiger partial charge in [0.1, 0.15) is 5.69 Å². The molecule has 0 aliphatic rings. The summed E-state index contributed by atoms with van der Waals surface area (Å²) in [7, 11) is 0. The summed E-state index contributed by atoms with van der Waals surface area (Å²) in [5, 5.41) is 4.93. The molecule has 1 aromatic carbocycles. The maximum atomic E-state index is 12.3. The monoisotopic (exact) mass is 242 g/mol. The average Bonchev–Trinajstić information content (AvgIpc) is 2.26. The van der Waals surface area contributed by atoms with Crippen LogP contribution in [0.1, 0.15) is 36.8 Å². The largest absolute Gasteiger partial charge is 0.346 e. The van der Waals surface area contributed by atoms with Crippen molar-refractivity contribution in [2.24, 2.45) is 0 Å². The molecule has 0 saturated carbocycles. The molecule has 0 spiro atoms. The first-order valence-corrected chi connectivity index (χ1v) is 6.05. The lowest BCUT2D eigenvalue weighted by atomic mass is 10.0. The molecule has 1 N–H and O–H groups in total. The van der Waals surface area contributed by atoms with Gasteiger partial charge >= 0.3 is 0 Å². The zero-order valence-electron chi connectivity index (χ0n) is 11.2. The highest BCUT2D eigenvalue weighted by molar-refractivity contribution is 6.06. The summed E-state index contributed by atoms with van der Waals surface area (Å²) in [6.45, 7) is 7.88. The predicted octanol–water partition coefficient (Wildman–Crippen LogP) is 3.07. The van der Waals surface area contributed by atoms with E-state index in [0.29, 0.717) is 5.69 Å². The fraction of sp³-hybridized carbons (Fsp3) is 0.333. The van der Waals surface area contributed by atoms with Gasteiger partial charge in [0.15, 0.2) is 0 Å². The molecular formula is C15H18N2O. The number of benzene rings is 1. The van der Waals surface area contributed by atoms with Crippen molar-refractivity contribution in [2.75, 3.05) is 0 Å². The van der Waals surface area contributed by atoms with Gasteiger partial charge in [0.25, 0.3) is 5.91 Å². The van der Waals surface area contributed by atoms with Gasteiger partial charge in [0.05, 0.1) is 0 Å². The lowest BCUT2D eigenvalue weighted by Gasteiger charge is -2.20. The second kappa shape index (κ2) is 4.41. The Morgan fingerprint density at radius 1 is 1.22 bits per heavy atom. The smallest absolute Gasteiger partial charge is 0.270 e. The molecule has 0 fully saturated rings. The van der Waals surface area contributed by atoms with Gasteiger partial charge in [0.2, 0.25) is 0 Å². The highest BCUT2D eigenvalue weighted by atomic mass is 16.2. The number of amides is 1. The minimum atomic E-state index is -0.260. The molecule has 1 aromatic heterocycles. The standard InChI is InChI=1S/C15H18N2O/c1-10-6-5-7-11-8-9-16-13(12(10)11)14(18)17-15(2,3)4/h5-9H,1-4H3,(H,17,18). The maximum Gasteiger partial charge on any atom is 0.270 e. The molecule has 1 heterocycles. The van der Waals surface area contributed by atoms with Gasteiger partial charge in [-0.1, -0.05) is 18.2 Å². The number of carbonyl (C=O) groups is 1. The van der Waals surface area contributed by atoms with E-state index in [1.807, 2.05) is 52.0 Å². The topological polar surface area (TPSA) is 42.0 Å². The van der Waals surface area contributed by atoms with Crippen LogP contribution < -0.4 is 5.32 Å². The van der Waals surface area contributed by atoms with Crippen molar-refractivity contribution in [2.45, 2.75) is 33.2 Å². The molecule has 94 valence electrons. The van der Waals surface area contributed by atoms with Gasteiger partial charge in [-0.15, -0.1) is 0 Å². The molecule has 0 aliphatic carbocycles. The first-order chi connectivity index (χ1) is 8.38. The number of aromatic nitrogens is 1. The molecule has 3 heteroatoms. The van der Waals surface area contributed by atoms with Crippen molar-refractivity contribution in [3.8, 4) is 0 Å². The summed E-state index contributed by atoms with van der Waals surface area (Å²) in [4.78, 5) is 16.5. The van der Waals surface area contributed by atoms with Gasteiger partial charge in [0, 0.05) is 17.1 Å². The summed E-state index contributed by atoms with van der Waals surface area (Å²) in [5.74, 6) is -0.123. The van der Waals surface area contributed by atoms with E-state index in [2.05, 4.69) is 10.3 Å². The number of hydrogen-bond donors (Lipinski definition) is 1. The van der Waals surface area contributed by atoms with Crippen LogP contribution in [0.3, 0.4) is 0 Å². The molecule has 2 rings (SSSR count). The number of hydrogen-bond acceptors (Lipinski definition) is 2. The molecule has 0 bridgehead atoms. The number of fused-ring (bicyclic) bond motifs is 1. The van der Waals surface area contributed by atoms with Crippen LogP contribution in [0.25, 0.3) is 10.8 Å². The van der Waals surface area contributed by atoms with Crippen molar-refractivity contribution in [3.63, 3.8) is 0 Å². The molecule has 1 amide bonds. The fourth-order valence-electron chi connectivity index (χ4n) is 1.98. The normalized spacial score (nSPS) is 11.6. The lowest BCUT2D eigenvalue weighted by Crippen LogP contribution is -2.41. The third-order valence-electron chi connectivity index (χ3n) is 2.70. The summed E-state index contributed by atoms with van der Waals surface area (Å²) >= 11 is 0. The van der Waals surface area contributed by atoms with Crippen LogP contribution in [0, 0.1) is 6.92 Å². The quantitative estimate of drug-likeness (QED) is 0.835. The Labute approximate surface area is 107 Å². The second-order valence-electron chi connectivity index (χ2n) is 5.54. The van der Waals surface area contributed by atoms with Crippen LogP contribution in [0.15, 0.2) is 30.5 Å². The van der Waals surface area contributed by atoms with Crippen molar-refractivity contribution < 1.29 is 4.79 Å². The molecule has 2 aromatic rings. The minimum absolute atomic E-state index is 0.123. The second-order valence-corrected chi connectivity index (χ2v) is 5.54. The van der Waals surface area contributed by atoms with E-state index < -0.39 is 0 Å². The minimum Gasteiger partial charge on any atom is -0.346 e. The van der Waals surface area contributed by atoms with Gasteiger partial charge in [-0.25, -0.2) is 0 Å². The average molecular weight is 242 g/mol. The number of carbonyl (C=O) groups excluding carboxylic acids is 1. The zero-order valence-corrected chi connectivity index (χ0v) is 11.2. The molecule has 0 unspecified atom stereocenters. The summed E-state index contributed by atoms with van der Waals surface area (Å²) in [5.41, 5.74) is 1.31. The first kappa shape index (κ1) is 12.6. The Balaban J connectivity index is 2.55. The molecule has 3 nitrogen and oxygen atoms in total. The molecule has 0 aliphatic heterocycles. The zero-order chi connectivity index (χ0) is 13.3. The summed E-state index contributed by atoms with van der Waals surface area (Å²) < 4.78 is 0. The third-order valence-corrected chi connectivity index (χ3v) is 2.70. The SMILES string of the molecule is Cc1cccc2ccnc(C(=O)NC(C)(C)C)c12. The molecule has 0 atom stereocenters. The third kappa shape index (κ3) is 2.50. The number of nitrogens with zero attached hydrogens (tertiary/aromatic N) is 1. The van der Waals surface area contributed by atoms with Gasteiger partial charge in [-0.3, -0.25) is 9.78 Å². The summed E-state index contributed by atoms with van der Waals surface area (Å²) in [6.07, 6.45) is 1.68. The van der Waals surface area contributed by atoms with Gasteiger partial charge < -0.3 is 5.32 Å². The predicted molar refractivity (Wildman–Crippen MR) is 73.7 cm³/mol. The number of nitrogens with one attached hydrogen (secondary N) is 1. The van der Waals surface area contributed by atoms with Crippen molar-refractivity contribution in [1.29, 1.82) is 0 Å². The van der Waals surface area contributed by atoms with E-state index in [1.165, 1.54) is 0 Å². The molecule has 0 radical (unpaired) electrons. The van der Waals surface area contributed by atoms with E-state index in [-0.39, 0.29) is 11.4 Å². The van der Waals surface area contributed by atoms with Crippen LogP contribution in [0.5, 0.6) is 0 Å². The first-order valence-electron chi connectivity index (χ1n) is 6.05. The van der Waals surface area contributed by atoms with E-state index >= 15 is 0 Å².